The summed E-state index contributed by atoms with van der Waals surface area (Å²) in [5, 5.41) is 0. The van der Waals surface area contributed by atoms with Gasteiger partial charge in [-0.05, 0) is 35.3 Å². The molecule has 0 saturated heterocycles. The van der Waals surface area contributed by atoms with Crippen molar-refractivity contribution in [2.75, 3.05) is 0 Å². The highest BCUT2D eigenvalue weighted by atomic mass is 79.9. The van der Waals surface area contributed by atoms with Crippen LogP contribution in [0.1, 0.15) is 51.4 Å². The van der Waals surface area contributed by atoms with Crippen LogP contribution in [0.15, 0.2) is 16.7 Å². The quantitative estimate of drug-likeness (QED) is 0.541. The molecule has 1 atom stereocenters. The SMILES string of the molecule is CCCCCC(C)n1c(CCl)nc2cc(Br)cnc21. The molecule has 104 valence electrons. The summed E-state index contributed by atoms with van der Waals surface area (Å²) >= 11 is 9.46. The number of nitrogens with zero attached hydrogens (tertiary/aromatic N) is 3. The largest absolute Gasteiger partial charge is 0.309 e. The van der Waals surface area contributed by atoms with Gasteiger partial charge in [0.25, 0.3) is 0 Å². The molecule has 2 aromatic heterocycles. The van der Waals surface area contributed by atoms with Crippen LogP contribution in [0.4, 0.5) is 0 Å². The molecule has 0 fully saturated rings. The number of halogens is 2. The Morgan fingerprint density at radius 3 is 2.89 bits per heavy atom. The van der Waals surface area contributed by atoms with Crippen LogP contribution in [0.25, 0.3) is 11.2 Å². The standard InChI is InChI=1S/C14H19BrClN3/c1-3-4-5-6-10(2)19-13(8-16)18-12-7-11(15)9-17-14(12)19/h7,9-10H,3-6,8H2,1-2H3. The van der Waals surface area contributed by atoms with Gasteiger partial charge >= 0.3 is 0 Å². The topological polar surface area (TPSA) is 30.7 Å². The second-order valence-corrected chi connectivity index (χ2v) is 6.06. The van der Waals surface area contributed by atoms with E-state index in [2.05, 4.69) is 44.3 Å². The summed E-state index contributed by atoms with van der Waals surface area (Å²) in [5.74, 6) is 1.33. The molecule has 3 nitrogen and oxygen atoms in total. The van der Waals surface area contributed by atoms with Gasteiger partial charge in [-0.1, -0.05) is 26.2 Å². The van der Waals surface area contributed by atoms with Crippen molar-refractivity contribution in [3.05, 3.63) is 22.6 Å². The second kappa shape index (κ2) is 6.71. The van der Waals surface area contributed by atoms with Crippen LogP contribution in [-0.2, 0) is 5.88 Å². The Morgan fingerprint density at radius 2 is 2.21 bits per heavy atom. The molecular weight excluding hydrogens is 326 g/mol. The average molecular weight is 345 g/mol. The lowest BCUT2D eigenvalue weighted by atomic mass is 10.1. The Labute approximate surface area is 127 Å². The number of unbranched alkanes of at least 4 members (excludes halogenated alkanes) is 2. The Hall–Kier alpha value is -0.610. The van der Waals surface area contributed by atoms with Crippen molar-refractivity contribution in [1.29, 1.82) is 0 Å². The number of hydrogen-bond donors (Lipinski definition) is 0. The number of imidazole rings is 1. The fraction of sp³-hybridized carbons (Fsp3) is 0.571. The Kier molecular flexibility index (Phi) is 5.22. The van der Waals surface area contributed by atoms with Crippen molar-refractivity contribution in [3.8, 4) is 0 Å². The molecule has 1 unspecified atom stereocenters. The van der Waals surface area contributed by atoms with Gasteiger partial charge in [-0.2, -0.15) is 0 Å². The van der Waals surface area contributed by atoms with Crippen LogP contribution in [0.3, 0.4) is 0 Å². The van der Waals surface area contributed by atoms with Gasteiger partial charge in [0.05, 0.1) is 5.88 Å². The highest BCUT2D eigenvalue weighted by Gasteiger charge is 2.16. The number of hydrogen-bond acceptors (Lipinski definition) is 2. The zero-order valence-corrected chi connectivity index (χ0v) is 13.7. The van der Waals surface area contributed by atoms with Gasteiger partial charge in [0.15, 0.2) is 5.65 Å². The summed E-state index contributed by atoms with van der Waals surface area (Å²) in [6.45, 7) is 4.44. The predicted octanol–water partition coefficient (Wildman–Crippen LogP) is 5.07. The minimum atomic E-state index is 0.388. The maximum absolute atomic E-state index is 6.03. The minimum absolute atomic E-state index is 0.388. The van der Waals surface area contributed by atoms with Gasteiger partial charge in [-0.3, -0.25) is 0 Å². The fourth-order valence-corrected chi connectivity index (χ4v) is 2.89. The molecule has 0 aliphatic carbocycles. The monoisotopic (exact) mass is 343 g/mol. The second-order valence-electron chi connectivity index (χ2n) is 4.87. The van der Waals surface area contributed by atoms with Gasteiger partial charge in [0.1, 0.15) is 11.3 Å². The van der Waals surface area contributed by atoms with E-state index in [1.807, 2.05) is 12.3 Å². The molecule has 0 bridgehead atoms. The molecule has 19 heavy (non-hydrogen) atoms. The summed E-state index contributed by atoms with van der Waals surface area (Å²) in [6.07, 6.45) is 6.70. The van der Waals surface area contributed by atoms with Gasteiger partial charge in [0.2, 0.25) is 0 Å². The molecule has 5 heteroatoms. The molecular formula is C14H19BrClN3. The van der Waals surface area contributed by atoms with E-state index in [-0.39, 0.29) is 0 Å². The lowest BCUT2D eigenvalue weighted by Gasteiger charge is -2.16. The number of alkyl halides is 1. The zero-order valence-electron chi connectivity index (χ0n) is 11.4. The van der Waals surface area contributed by atoms with E-state index in [1.54, 1.807) is 0 Å². The van der Waals surface area contributed by atoms with Crippen LogP contribution in [0, 0.1) is 0 Å². The third kappa shape index (κ3) is 3.29. The predicted molar refractivity (Wildman–Crippen MR) is 83.6 cm³/mol. The van der Waals surface area contributed by atoms with Crippen molar-refractivity contribution in [2.24, 2.45) is 0 Å². The number of rotatable bonds is 6. The Bertz CT molecular complexity index is 553. The van der Waals surface area contributed by atoms with Crippen LogP contribution in [0.2, 0.25) is 0 Å². The first-order valence-corrected chi connectivity index (χ1v) is 8.08. The molecule has 0 amide bonds. The van der Waals surface area contributed by atoms with Gasteiger partial charge in [-0.25, -0.2) is 9.97 Å². The van der Waals surface area contributed by atoms with Crippen molar-refractivity contribution in [1.82, 2.24) is 14.5 Å². The molecule has 0 N–H and O–H groups in total. The first-order chi connectivity index (χ1) is 9.17. The van der Waals surface area contributed by atoms with Crippen molar-refractivity contribution >= 4 is 38.7 Å². The summed E-state index contributed by atoms with van der Waals surface area (Å²) in [5.41, 5.74) is 1.84. The molecule has 0 radical (unpaired) electrons. The molecule has 2 aromatic rings. The van der Waals surface area contributed by atoms with Crippen LogP contribution >= 0.6 is 27.5 Å². The van der Waals surface area contributed by atoms with Gasteiger partial charge < -0.3 is 4.57 Å². The zero-order chi connectivity index (χ0) is 13.8. The molecule has 0 aliphatic heterocycles. The third-order valence-corrected chi connectivity index (χ3v) is 4.03. The highest BCUT2D eigenvalue weighted by Crippen LogP contribution is 2.25. The first kappa shape index (κ1) is 14.8. The smallest absolute Gasteiger partial charge is 0.160 e. The molecule has 0 spiro atoms. The molecule has 0 aliphatic rings. The average Bonchev–Trinajstić information content (AvgIpc) is 2.76. The van der Waals surface area contributed by atoms with E-state index in [9.17, 15) is 0 Å². The number of fused-ring (bicyclic) bond motifs is 1. The molecule has 2 rings (SSSR count). The van der Waals surface area contributed by atoms with E-state index >= 15 is 0 Å². The molecule has 0 saturated carbocycles. The summed E-state index contributed by atoms with van der Waals surface area (Å²) < 4.78 is 3.13. The lowest BCUT2D eigenvalue weighted by Crippen LogP contribution is -2.09. The van der Waals surface area contributed by atoms with Crippen LogP contribution < -0.4 is 0 Å². The maximum Gasteiger partial charge on any atom is 0.160 e. The van der Waals surface area contributed by atoms with E-state index in [0.717, 1.165) is 27.9 Å². The van der Waals surface area contributed by atoms with Crippen LogP contribution in [0.5, 0.6) is 0 Å². The van der Waals surface area contributed by atoms with E-state index in [4.69, 9.17) is 11.6 Å². The first-order valence-electron chi connectivity index (χ1n) is 6.75. The van der Waals surface area contributed by atoms with E-state index < -0.39 is 0 Å². The summed E-state index contributed by atoms with van der Waals surface area (Å²) in [6, 6.07) is 2.38. The molecule has 2 heterocycles. The summed E-state index contributed by atoms with van der Waals surface area (Å²) in [4.78, 5) is 9.07. The normalized spacial score (nSPS) is 13.1. The van der Waals surface area contributed by atoms with Crippen LogP contribution in [-0.4, -0.2) is 14.5 Å². The van der Waals surface area contributed by atoms with E-state index in [1.165, 1.54) is 19.3 Å². The fourth-order valence-electron chi connectivity index (χ4n) is 2.38. The number of pyridine rings is 1. The summed E-state index contributed by atoms with van der Waals surface area (Å²) in [7, 11) is 0. The molecule has 0 aromatic carbocycles. The number of aromatic nitrogens is 3. The maximum atomic E-state index is 6.03. The highest BCUT2D eigenvalue weighted by molar-refractivity contribution is 9.10. The van der Waals surface area contributed by atoms with Gasteiger partial charge in [0, 0.05) is 16.7 Å². The third-order valence-electron chi connectivity index (χ3n) is 3.36. The Balaban J connectivity index is 2.34. The van der Waals surface area contributed by atoms with E-state index in [0.29, 0.717) is 11.9 Å². The van der Waals surface area contributed by atoms with Crippen molar-refractivity contribution in [2.45, 2.75) is 51.5 Å². The Morgan fingerprint density at radius 1 is 1.42 bits per heavy atom. The van der Waals surface area contributed by atoms with Crippen molar-refractivity contribution < 1.29 is 0 Å². The minimum Gasteiger partial charge on any atom is -0.309 e. The van der Waals surface area contributed by atoms with Crippen molar-refractivity contribution in [3.63, 3.8) is 0 Å². The lowest BCUT2D eigenvalue weighted by molar-refractivity contribution is 0.475. The van der Waals surface area contributed by atoms with Gasteiger partial charge in [-0.15, -0.1) is 11.6 Å².